The second-order valence-electron chi connectivity index (χ2n) is 8.56. The highest BCUT2D eigenvalue weighted by Crippen LogP contribution is 2.26. The van der Waals surface area contributed by atoms with Crippen LogP contribution in [0.15, 0.2) is 59.5 Å². The van der Waals surface area contributed by atoms with Gasteiger partial charge in [-0.05, 0) is 53.6 Å². The van der Waals surface area contributed by atoms with Crippen LogP contribution in [0.25, 0.3) is 11.2 Å². The second kappa shape index (κ2) is 11.6. The third kappa shape index (κ3) is 6.94. The molecule has 0 radical (unpaired) electrons. The van der Waals surface area contributed by atoms with Gasteiger partial charge < -0.3 is 15.5 Å². The molecule has 0 unspecified atom stereocenters. The quantitative estimate of drug-likeness (QED) is 0.224. The number of fused-ring (bicyclic) bond motifs is 1. The van der Waals surface area contributed by atoms with Gasteiger partial charge >= 0.3 is 18.1 Å². The summed E-state index contributed by atoms with van der Waals surface area (Å²) in [7, 11) is 0. The Bertz CT molecular complexity index is 1680. The standard InChI is InChI=1S/C25H18ClF3N6O6/c26-24-33-19-18(21(38)34-24)31-14(10-30-19)11-35(23(41)25(27,28)29)15-5-3-13(4-6-15)20(37)32-17(22(39)40)9-12-1-7-16(36)8-2-12/h1-8,10,17,36H,9,11H2,(H,32,37)(H,39,40)(H,30,33,34,38)/t17-/m0/s1. The lowest BCUT2D eigenvalue weighted by atomic mass is 10.1. The van der Waals surface area contributed by atoms with Gasteiger partial charge in [-0.25, -0.2) is 14.8 Å². The fourth-order valence-corrected chi connectivity index (χ4v) is 3.87. The van der Waals surface area contributed by atoms with Gasteiger partial charge in [0.15, 0.2) is 11.2 Å². The summed E-state index contributed by atoms with van der Waals surface area (Å²) in [6, 6.07) is 8.70. The van der Waals surface area contributed by atoms with Crippen LogP contribution in [0.5, 0.6) is 5.75 Å². The van der Waals surface area contributed by atoms with Crippen molar-refractivity contribution in [3.8, 4) is 5.75 Å². The molecule has 4 rings (SSSR count). The summed E-state index contributed by atoms with van der Waals surface area (Å²) >= 11 is 5.66. The smallest absolute Gasteiger partial charge is 0.471 e. The normalized spacial score (nSPS) is 12.1. The number of nitrogens with zero attached hydrogens (tertiary/aromatic N) is 4. The van der Waals surface area contributed by atoms with Crippen LogP contribution in [0.1, 0.15) is 21.6 Å². The number of halogens is 4. The van der Waals surface area contributed by atoms with Gasteiger partial charge in [0, 0.05) is 17.7 Å². The van der Waals surface area contributed by atoms with Gasteiger partial charge in [-0.2, -0.15) is 18.2 Å². The lowest BCUT2D eigenvalue weighted by molar-refractivity contribution is -0.170. The molecule has 212 valence electrons. The number of carboxylic acids is 1. The van der Waals surface area contributed by atoms with E-state index < -0.39 is 42.1 Å². The summed E-state index contributed by atoms with van der Waals surface area (Å²) < 4.78 is 40.3. The molecular weight excluding hydrogens is 573 g/mol. The number of aromatic hydroxyl groups is 1. The van der Waals surface area contributed by atoms with E-state index in [1.807, 2.05) is 0 Å². The zero-order valence-corrected chi connectivity index (χ0v) is 21.3. The Morgan fingerprint density at radius 3 is 2.32 bits per heavy atom. The van der Waals surface area contributed by atoms with E-state index in [9.17, 15) is 42.6 Å². The van der Waals surface area contributed by atoms with Gasteiger partial charge in [-0.3, -0.25) is 24.3 Å². The molecule has 0 saturated heterocycles. The minimum atomic E-state index is -5.28. The number of phenolic OH excluding ortho intramolecular Hbond substituents is 1. The number of carboxylic acid groups (broad SMARTS) is 1. The van der Waals surface area contributed by atoms with Gasteiger partial charge in [-0.15, -0.1) is 0 Å². The lowest BCUT2D eigenvalue weighted by Gasteiger charge is -2.24. The number of aliphatic carboxylic acids is 1. The highest BCUT2D eigenvalue weighted by molar-refractivity contribution is 6.28. The third-order valence-electron chi connectivity index (χ3n) is 5.67. The molecule has 2 amide bonds. The molecule has 0 spiro atoms. The third-order valence-corrected chi connectivity index (χ3v) is 5.85. The van der Waals surface area contributed by atoms with Crippen LogP contribution >= 0.6 is 11.6 Å². The first-order chi connectivity index (χ1) is 19.3. The summed E-state index contributed by atoms with van der Waals surface area (Å²) in [5.74, 6) is -4.44. The van der Waals surface area contributed by atoms with E-state index in [2.05, 4.69) is 25.3 Å². The molecule has 4 N–H and O–H groups in total. The number of nitrogens with one attached hydrogen (secondary N) is 2. The molecular formula is C25H18ClF3N6O6. The first kappa shape index (κ1) is 28.9. The SMILES string of the molecule is O=C(N[C@@H](Cc1ccc(O)cc1)C(=O)O)c1ccc(N(Cc2cnc3nc(Cl)[nH]c(=O)c3n2)C(=O)C(F)(F)F)cc1. The maximum atomic E-state index is 13.4. The van der Waals surface area contributed by atoms with Gasteiger partial charge in [0.25, 0.3) is 11.5 Å². The molecule has 12 nitrogen and oxygen atoms in total. The van der Waals surface area contributed by atoms with Crippen molar-refractivity contribution in [3.05, 3.63) is 87.2 Å². The van der Waals surface area contributed by atoms with Crippen LogP contribution in [0, 0.1) is 0 Å². The molecule has 2 heterocycles. The number of phenols is 1. The van der Waals surface area contributed by atoms with Gasteiger partial charge in [0.05, 0.1) is 18.4 Å². The molecule has 4 aromatic rings. The van der Waals surface area contributed by atoms with Crippen LogP contribution < -0.4 is 15.8 Å². The molecule has 0 aliphatic heterocycles. The Labute approximate surface area is 232 Å². The maximum Gasteiger partial charge on any atom is 0.471 e. The zero-order chi connectivity index (χ0) is 29.9. The number of anilines is 1. The van der Waals surface area contributed by atoms with E-state index >= 15 is 0 Å². The molecule has 2 aromatic carbocycles. The number of amides is 2. The molecule has 2 aromatic heterocycles. The van der Waals surface area contributed by atoms with Crippen molar-refractivity contribution in [1.82, 2.24) is 25.3 Å². The Hall–Kier alpha value is -5.05. The van der Waals surface area contributed by atoms with Crippen LogP contribution in [0.3, 0.4) is 0 Å². The van der Waals surface area contributed by atoms with Crippen molar-refractivity contribution in [2.24, 2.45) is 0 Å². The number of H-pyrrole nitrogens is 1. The summed E-state index contributed by atoms with van der Waals surface area (Å²) in [4.78, 5) is 62.9. The minimum Gasteiger partial charge on any atom is -0.508 e. The van der Waals surface area contributed by atoms with Crippen LogP contribution in [0.4, 0.5) is 18.9 Å². The summed E-state index contributed by atoms with van der Waals surface area (Å²) in [6.07, 6.45) is -4.36. The number of rotatable bonds is 8. The number of carbonyl (C=O) groups is 3. The van der Waals surface area contributed by atoms with Crippen LogP contribution in [-0.2, 0) is 22.6 Å². The number of carbonyl (C=O) groups excluding carboxylic acids is 2. The van der Waals surface area contributed by atoms with E-state index in [1.54, 1.807) is 0 Å². The number of aromatic nitrogens is 4. The van der Waals surface area contributed by atoms with E-state index in [0.717, 1.165) is 30.5 Å². The predicted molar refractivity (Wildman–Crippen MR) is 137 cm³/mol. The molecule has 1 atom stereocenters. The van der Waals surface area contributed by atoms with Crippen molar-refractivity contribution in [2.75, 3.05) is 4.90 Å². The lowest BCUT2D eigenvalue weighted by Crippen LogP contribution is -2.42. The van der Waals surface area contributed by atoms with Gasteiger partial charge in [0.2, 0.25) is 5.28 Å². The van der Waals surface area contributed by atoms with Crippen LogP contribution in [0.2, 0.25) is 5.28 Å². The molecule has 16 heteroatoms. The topological polar surface area (TPSA) is 178 Å². The number of aromatic amines is 1. The predicted octanol–water partition coefficient (Wildman–Crippen LogP) is 2.59. The molecule has 0 fully saturated rings. The summed E-state index contributed by atoms with van der Waals surface area (Å²) in [5, 5.41) is 21.0. The van der Waals surface area contributed by atoms with E-state index in [1.165, 1.54) is 24.3 Å². The van der Waals surface area contributed by atoms with Gasteiger partial charge in [0.1, 0.15) is 11.8 Å². The van der Waals surface area contributed by atoms with E-state index in [4.69, 9.17) is 11.6 Å². The molecule has 41 heavy (non-hydrogen) atoms. The van der Waals surface area contributed by atoms with E-state index in [0.29, 0.717) is 10.5 Å². The van der Waals surface area contributed by atoms with Crippen LogP contribution in [-0.4, -0.2) is 60.2 Å². The highest BCUT2D eigenvalue weighted by Gasteiger charge is 2.43. The van der Waals surface area contributed by atoms with Crippen molar-refractivity contribution in [1.29, 1.82) is 0 Å². The monoisotopic (exact) mass is 590 g/mol. The van der Waals surface area contributed by atoms with Crippen molar-refractivity contribution >= 4 is 46.2 Å². The highest BCUT2D eigenvalue weighted by atomic mass is 35.5. The second-order valence-corrected chi connectivity index (χ2v) is 8.92. The Morgan fingerprint density at radius 1 is 1.05 bits per heavy atom. The molecule has 0 aliphatic rings. The first-order valence-electron chi connectivity index (χ1n) is 11.5. The van der Waals surface area contributed by atoms with E-state index in [-0.39, 0.29) is 45.6 Å². The summed E-state index contributed by atoms with van der Waals surface area (Å²) in [6.45, 7) is -0.747. The largest absolute Gasteiger partial charge is 0.508 e. The Kier molecular flexibility index (Phi) is 8.18. The number of hydrogen-bond acceptors (Lipinski definition) is 8. The molecule has 0 aliphatic carbocycles. The first-order valence-corrected chi connectivity index (χ1v) is 11.9. The number of hydrogen-bond donors (Lipinski definition) is 4. The van der Waals surface area contributed by atoms with Crippen molar-refractivity contribution < 1.29 is 37.8 Å². The number of alkyl halides is 3. The molecule has 0 saturated carbocycles. The summed E-state index contributed by atoms with van der Waals surface area (Å²) in [5.41, 5.74) is -1.27. The fourth-order valence-electron chi connectivity index (χ4n) is 3.70. The van der Waals surface area contributed by atoms with Crippen molar-refractivity contribution in [3.63, 3.8) is 0 Å². The Morgan fingerprint density at radius 2 is 1.71 bits per heavy atom. The zero-order valence-electron chi connectivity index (χ0n) is 20.5. The minimum absolute atomic E-state index is 0.0222. The Balaban J connectivity index is 1.57. The average molecular weight is 591 g/mol. The van der Waals surface area contributed by atoms with Crippen molar-refractivity contribution in [2.45, 2.75) is 25.2 Å². The van der Waals surface area contributed by atoms with Gasteiger partial charge in [-0.1, -0.05) is 12.1 Å². The molecule has 0 bridgehead atoms. The maximum absolute atomic E-state index is 13.4. The number of benzene rings is 2. The average Bonchev–Trinajstić information content (AvgIpc) is 2.92. The fraction of sp³-hybridized carbons (Fsp3) is 0.160.